The first-order valence-corrected chi connectivity index (χ1v) is 5.40. The number of aliphatic hydroxyl groups excluding tert-OH is 1. The molecule has 13 heavy (non-hydrogen) atoms. The lowest BCUT2D eigenvalue weighted by molar-refractivity contribution is -0.138. The van der Waals surface area contributed by atoms with E-state index in [1.54, 1.807) is 0 Å². The van der Waals surface area contributed by atoms with Gasteiger partial charge in [-0.25, -0.2) is 0 Å². The van der Waals surface area contributed by atoms with Crippen molar-refractivity contribution in [3.8, 4) is 0 Å². The van der Waals surface area contributed by atoms with Gasteiger partial charge in [0.1, 0.15) is 21.5 Å². The summed E-state index contributed by atoms with van der Waals surface area (Å²) in [5.41, 5.74) is 5.26. The van der Waals surface area contributed by atoms with Crippen LogP contribution in [0.1, 0.15) is 19.3 Å². The van der Waals surface area contributed by atoms with Gasteiger partial charge in [0, 0.05) is 0 Å². The van der Waals surface area contributed by atoms with Crippen LogP contribution in [0.5, 0.6) is 0 Å². The van der Waals surface area contributed by atoms with Gasteiger partial charge in [-0.05, 0) is 6.42 Å². The molecule has 5 N–H and O–H groups in total. The van der Waals surface area contributed by atoms with Crippen molar-refractivity contribution in [2.75, 3.05) is 0 Å². The van der Waals surface area contributed by atoms with Crippen molar-refractivity contribution in [3.05, 3.63) is 0 Å². The molecule has 5 nitrogen and oxygen atoms in total. The molecule has 0 unspecified atom stereocenters. The number of hydrogen-bond donors (Lipinski definition) is 4. The summed E-state index contributed by atoms with van der Waals surface area (Å²) in [6, 6.07) is -0.0772. The SMILES string of the molecule is N[C@@H](CCCC[Si]C(O)O)C(=O)O. The number of rotatable bonds is 7. The number of nitrogens with two attached hydrogens (primary N) is 1. The number of hydrogen-bond acceptors (Lipinski definition) is 4. The molecule has 0 aromatic heterocycles. The number of unbranched alkanes of at least 4 members (excludes halogenated alkanes) is 1. The van der Waals surface area contributed by atoms with E-state index in [4.69, 9.17) is 21.1 Å². The maximum absolute atomic E-state index is 10.3. The van der Waals surface area contributed by atoms with Crippen LogP contribution in [0.25, 0.3) is 0 Å². The zero-order valence-corrected chi connectivity index (χ0v) is 8.31. The number of carboxylic acid groups (broad SMARTS) is 1. The number of aliphatic hydroxyl groups is 2. The number of aliphatic carboxylic acids is 1. The average molecular weight is 205 g/mol. The molecule has 0 fully saturated rings. The maximum Gasteiger partial charge on any atom is 0.320 e. The first kappa shape index (κ1) is 12.6. The minimum atomic E-state index is -1.23. The quantitative estimate of drug-likeness (QED) is 0.241. The van der Waals surface area contributed by atoms with Crippen LogP contribution in [-0.2, 0) is 4.79 Å². The Hall–Kier alpha value is -0.433. The van der Waals surface area contributed by atoms with Crippen LogP contribution in [-0.4, -0.2) is 42.8 Å². The highest BCUT2D eigenvalue weighted by molar-refractivity contribution is 6.36. The molecule has 0 spiro atoms. The molecule has 1 atom stereocenters. The van der Waals surface area contributed by atoms with Crippen LogP contribution in [0.4, 0.5) is 0 Å². The molecule has 0 rings (SSSR count). The van der Waals surface area contributed by atoms with Crippen LogP contribution in [0.3, 0.4) is 0 Å². The van der Waals surface area contributed by atoms with E-state index in [0.717, 1.165) is 6.42 Å². The molecule has 0 bridgehead atoms. The fraction of sp³-hybridized carbons (Fsp3) is 0.857. The van der Waals surface area contributed by atoms with Gasteiger partial charge in [-0.15, -0.1) is 0 Å². The van der Waals surface area contributed by atoms with E-state index in [0.29, 0.717) is 18.9 Å². The summed E-state index contributed by atoms with van der Waals surface area (Å²) < 4.78 is 0. The fourth-order valence-electron chi connectivity index (χ4n) is 0.844. The van der Waals surface area contributed by atoms with E-state index < -0.39 is 17.9 Å². The van der Waals surface area contributed by atoms with E-state index >= 15 is 0 Å². The third-order valence-corrected chi connectivity index (χ3v) is 2.59. The van der Waals surface area contributed by atoms with Crippen molar-refractivity contribution in [2.45, 2.75) is 37.3 Å². The third kappa shape index (κ3) is 7.91. The second kappa shape index (κ2) is 7.02. The van der Waals surface area contributed by atoms with Gasteiger partial charge in [0.15, 0.2) is 0 Å². The standard InChI is InChI=1S/C7H15NO4Si/c8-5(6(9)10)3-1-2-4-13-7(11)12/h5,7,11-12H,1-4,8H2,(H,9,10)/t5-/m0/s1. The summed E-state index contributed by atoms with van der Waals surface area (Å²) in [6.45, 7) is 0. The molecule has 2 radical (unpaired) electrons. The summed E-state index contributed by atoms with van der Waals surface area (Å²) in [4.78, 5) is 10.3. The van der Waals surface area contributed by atoms with Crippen molar-refractivity contribution in [3.63, 3.8) is 0 Å². The Balaban J connectivity index is 3.21. The van der Waals surface area contributed by atoms with Crippen molar-refractivity contribution in [1.82, 2.24) is 0 Å². The minimum Gasteiger partial charge on any atom is -0.480 e. The lowest BCUT2D eigenvalue weighted by Crippen LogP contribution is -2.29. The molecule has 0 heterocycles. The molecule has 0 aromatic carbocycles. The summed E-state index contributed by atoms with van der Waals surface area (Å²) >= 11 is 0. The van der Waals surface area contributed by atoms with Crippen LogP contribution in [0.2, 0.25) is 6.04 Å². The smallest absolute Gasteiger partial charge is 0.320 e. The van der Waals surface area contributed by atoms with Crippen molar-refractivity contribution >= 4 is 15.5 Å². The van der Waals surface area contributed by atoms with Crippen molar-refractivity contribution in [1.29, 1.82) is 0 Å². The predicted octanol–water partition coefficient (Wildman–Crippen LogP) is -1.04. The van der Waals surface area contributed by atoms with Gasteiger partial charge in [0.05, 0.1) is 0 Å². The Bertz CT molecular complexity index is 153. The minimum absolute atomic E-state index is 0.109. The Labute approximate surface area is 79.4 Å². The Kier molecular flexibility index (Phi) is 6.78. The molecule has 76 valence electrons. The molecule has 6 heteroatoms. The highest BCUT2D eigenvalue weighted by atomic mass is 28.2. The molecule has 0 aromatic rings. The van der Waals surface area contributed by atoms with Gasteiger partial charge < -0.3 is 21.1 Å². The summed E-state index contributed by atoms with van der Waals surface area (Å²) in [5, 5.41) is 25.4. The van der Waals surface area contributed by atoms with Crippen LogP contribution in [0, 0.1) is 0 Å². The Morgan fingerprint density at radius 3 is 2.46 bits per heavy atom. The lowest BCUT2D eigenvalue weighted by Gasteiger charge is -2.05. The topological polar surface area (TPSA) is 104 Å². The molecular weight excluding hydrogens is 190 g/mol. The lowest BCUT2D eigenvalue weighted by atomic mass is 10.1. The van der Waals surface area contributed by atoms with E-state index in [9.17, 15) is 4.79 Å². The van der Waals surface area contributed by atoms with Gasteiger partial charge in [0.2, 0.25) is 0 Å². The maximum atomic E-state index is 10.3. The Morgan fingerprint density at radius 1 is 1.38 bits per heavy atom. The van der Waals surface area contributed by atoms with Crippen LogP contribution < -0.4 is 5.73 Å². The largest absolute Gasteiger partial charge is 0.480 e. The molecule has 0 saturated carbocycles. The molecule has 0 aliphatic carbocycles. The Morgan fingerprint density at radius 2 is 2.00 bits per heavy atom. The first-order valence-electron chi connectivity index (χ1n) is 4.12. The van der Waals surface area contributed by atoms with E-state index in [1.807, 2.05) is 0 Å². The van der Waals surface area contributed by atoms with Gasteiger partial charge >= 0.3 is 5.97 Å². The van der Waals surface area contributed by atoms with E-state index in [2.05, 4.69) is 0 Å². The van der Waals surface area contributed by atoms with Gasteiger partial charge in [0.25, 0.3) is 0 Å². The van der Waals surface area contributed by atoms with Crippen molar-refractivity contribution in [2.24, 2.45) is 5.73 Å². The summed E-state index contributed by atoms with van der Waals surface area (Å²) in [7, 11) is 0.109. The highest BCUT2D eigenvalue weighted by Crippen LogP contribution is 2.02. The van der Waals surface area contributed by atoms with E-state index in [-0.39, 0.29) is 9.52 Å². The zero-order chi connectivity index (χ0) is 10.3. The third-order valence-electron chi connectivity index (χ3n) is 1.59. The van der Waals surface area contributed by atoms with Crippen LogP contribution in [0.15, 0.2) is 0 Å². The van der Waals surface area contributed by atoms with E-state index in [1.165, 1.54) is 0 Å². The summed E-state index contributed by atoms with van der Waals surface area (Å²) in [5.74, 6) is -2.21. The van der Waals surface area contributed by atoms with Gasteiger partial charge in [-0.2, -0.15) is 0 Å². The molecular formula is C7H15NO4Si. The summed E-state index contributed by atoms with van der Waals surface area (Å²) in [6.07, 6.45) is 1.95. The number of carbonyl (C=O) groups is 1. The van der Waals surface area contributed by atoms with Gasteiger partial charge in [-0.1, -0.05) is 18.9 Å². The second-order valence-corrected chi connectivity index (χ2v) is 4.19. The average Bonchev–Trinajstić information content (AvgIpc) is 2.02. The van der Waals surface area contributed by atoms with Gasteiger partial charge in [-0.3, -0.25) is 4.79 Å². The first-order chi connectivity index (χ1) is 6.04. The molecule has 0 saturated heterocycles. The zero-order valence-electron chi connectivity index (χ0n) is 7.31. The molecule has 0 aliphatic heterocycles. The predicted molar refractivity (Wildman–Crippen MR) is 48.2 cm³/mol. The van der Waals surface area contributed by atoms with Crippen molar-refractivity contribution < 1.29 is 20.1 Å². The molecule has 0 aliphatic rings. The normalized spacial score (nSPS) is 13.2. The number of carboxylic acids is 1. The monoisotopic (exact) mass is 205 g/mol. The molecule has 0 amide bonds. The van der Waals surface area contributed by atoms with Crippen LogP contribution >= 0.6 is 0 Å². The fourth-order valence-corrected chi connectivity index (χ4v) is 1.56. The highest BCUT2D eigenvalue weighted by Gasteiger charge is 2.10. The second-order valence-electron chi connectivity index (χ2n) is 2.77.